The van der Waals surface area contributed by atoms with Crippen molar-refractivity contribution in [1.29, 1.82) is 0 Å². The molecule has 0 spiro atoms. The number of aromatic nitrogens is 1. The van der Waals surface area contributed by atoms with Crippen LogP contribution < -0.4 is 5.73 Å². The fourth-order valence-corrected chi connectivity index (χ4v) is 1.77. The molecule has 0 amide bonds. The highest BCUT2D eigenvalue weighted by molar-refractivity contribution is 5.74. The predicted octanol–water partition coefficient (Wildman–Crippen LogP) is 3.20. The van der Waals surface area contributed by atoms with Crippen LogP contribution >= 0.6 is 0 Å². The second-order valence-electron chi connectivity index (χ2n) is 4.00. The van der Waals surface area contributed by atoms with Gasteiger partial charge in [0.15, 0.2) is 0 Å². The minimum Gasteiger partial charge on any atom is -0.383 e. The quantitative estimate of drug-likeness (QED) is 0.830. The molecule has 0 saturated heterocycles. The van der Waals surface area contributed by atoms with Crippen molar-refractivity contribution < 1.29 is 0 Å². The SMILES string of the molecule is CCc1cccc(-c2cc(C)cnc2N)c1. The molecule has 0 bridgehead atoms. The number of pyridine rings is 1. The van der Waals surface area contributed by atoms with E-state index in [4.69, 9.17) is 5.73 Å². The van der Waals surface area contributed by atoms with Crippen molar-refractivity contribution in [1.82, 2.24) is 4.98 Å². The fraction of sp³-hybridized carbons (Fsp3) is 0.214. The minimum atomic E-state index is 0.596. The molecular weight excluding hydrogens is 196 g/mol. The topological polar surface area (TPSA) is 38.9 Å². The molecule has 16 heavy (non-hydrogen) atoms. The lowest BCUT2D eigenvalue weighted by atomic mass is 10.0. The summed E-state index contributed by atoms with van der Waals surface area (Å²) >= 11 is 0. The van der Waals surface area contributed by atoms with Gasteiger partial charge in [0.05, 0.1) is 0 Å². The molecule has 1 heterocycles. The monoisotopic (exact) mass is 212 g/mol. The van der Waals surface area contributed by atoms with Crippen molar-refractivity contribution >= 4 is 5.82 Å². The number of rotatable bonds is 2. The number of anilines is 1. The number of nitrogens with zero attached hydrogens (tertiary/aromatic N) is 1. The first-order valence-electron chi connectivity index (χ1n) is 5.52. The summed E-state index contributed by atoms with van der Waals surface area (Å²) in [6.45, 7) is 4.18. The second-order valence-corrected chi connectivity index (χ2v) is 4.00. The number of benzene rings is 1. The van der Waals surface area contributed by atoms with Gasteiger partial charge in [-0.15, -0.1) is 0 Å². The van der Waals surface area contributed by atoms with Crippen molar-refractivity contribution in [2.24, 2.45) is 0 Å². The lowest BCUT2D eigenvalue weighted by molar-refractivity contribution is 1.14. The summed E-state index contributed by atoms with van der Waals surface area (Å²) in [6, 6.07) is 10.5. The second kappa shape index (κ2) is 4.35. The molecule has 2 aromatic rings. The number of nitrogen functional groups attached to an aromatic ring is 1. The summed E-state index contributed by atoms with van der Waals surface area (Å²) in [5, 5.41) is 0. The van der Waals surface area contributed by atoms with E-state index < -0.39 is 0 Å². The van der Waals surface area contributed by atoms with Crippen LogP contribution in [-0.4, -0.2) is 4.98 Å². The van der Waals surface area contributed by atoms with Crippen LogP contribution in [0.3, 0.4) is 0 Å². The normalized spacial score (nSPS) is 10.4. The Morgan fingerprint density at radius 1 is 1.25 bits per heavy atom. The molecule has 0 aliphatic rings. The van der Waals surface area contributed by atoms with E-state index in [9.17, 15) is 0 Å². The van der Waals surface area contributed by atoms with Crippen LogP contribution in [0.2, 0.25) is 0 Å². The van der Waals surface area contributed by atoms with Crippen LogP contribution in [0.5, 0.6) is 0 Å². The maximum Gasteiger partial charge on any atom is 0.131 e. The number of hydrogen-bond acceptors (Lipinski definition) is 2. The summed E-state index contributed by atoms with van der Waals surface area (Å²) in [5.41, 5.74) is 10.5. The summed E-state index contributed by atoms with van der Waals surface area (Å²) in [6.07, 6.45) is 2.83. The van der Waals surface area contributed by atoms with Gasteiger partial charge < -0.3 is 5.73 Å². The summed E-state index contributed by atoms with van der Waals surface area (Å²) in [7, 11) is 0. The van der Waals surface area contributed by atoms with E-state index in [1.54, 1.807) is 6.20 Å². The molecule has 0 radical (unpaired) electrons. The molecule has 2 heteroatoms. The standard InChI is InChI=1S/C14H16N2/c1-3-11-5-4-6-12(8-11)13-7-10(2)9-16-14(13)15/h4-9H,3H2,1-2H3,(H2,15,16). The van der Waals surface area contributed by atoms with Crippen LogP contribution in [0.4, 0.5) is 5.82 Å². The fourth-order valence-electron chi connectivity index (χ4n) is 1.77. The van der Waals surface area contributed by atoms with Crippen molar-refractivity contribution in [2.45, 2.75) is 20.3 Å². The first-order valence-corrected chi connectivity index (χ1v) is 5.52. The molecule has 0 unspecified atom stereocenters. The van der Waals surface area contributed by atoms with Crippen molar-refractivity contribution in [3.05, 3.63) is 47.7 Å². The summed E-state index contributed by atoms with van der Waals surface area (Å²) in [4.78, 5) is 4.19. The maximum atomic E-state index is 5.90. The zero-order valence-electron chi connectivity index (χ0n) is 9.70. The zero-order chi connectivity index (χ0) is 11.5. The Morgan fingerprint density at radius 3 is 2.81 bits per heavy atom. The third-order valence-corrected chi connectivity index (χ3v) is 2.70. The van der Waals surface area contributed by atoms with Crippen LogP contribution in [0.25, 0.3) is 11.1 Å². The van der Waals surface area contributed by atoms with Gasteiger partial charge >= 0.3 is 0 Å². The number of hydrogen-bond donors (Lipinski definition) is 1. The van der Waals surface area contributed by atoms with Crippen molar-refractivity contribution in [3.63, 3.8) is 0 Å². The highest BCUT2D eigenvalue weighted by Crippen LogP contribution is 2.25. The Morgan fingerprint density at radius 2 is 2.06 bits per heavy atom. The van der Waals surface area contributed by atoms with Gasteiger partial charge in [-0.2, -0.15) is 0 Å². The van der Waals surface area contributed by atoms with E-state index in [0.29, 0.717) is 5.82 Å². The van der Waals surface area contributed by atoms with E-state index in [0.717, 1.165) is 23.1 Å². The molecule has 1 aromatic heterocycles. The van der Waals surface area contributed by atoms with Gasteiger partial charge in [0.1, 0.15) is 5.82 Å². The average Bonchev–Trinajstić information content (AvgIpc) is 2.32. The third-order valence-electron chi connectivity index (χ3n) is 2.70. The van der Waals surface area contributed by atoms with E-state index in [2.05, 4.69) is 42.2 Å². The molecule has 0 atom stereocenters. The Kier molecular flexibility index (Phi) is 2.91. The van der Waals surface area contributed by atoms with Gasteiger partial charge in [-0.25, -0.2) is 4.98 Å². The molecule has 0 saturated carbocycles. The lowest BCUT2D eigenvalue weighted by Crippen LogP contribution is -1.95. The average molecular weight is 212 g/mol. The molecule has 1 aromatic carbocycles. The summed E-state index contributed by atoms with van der Waals surface area (Å²) < 4.78 is 0. The molecule has 0 aliphatic carbocycles. The van der Waals surface area contributed by atoms with Gasteiger partial charge in [-0.3, -0.25) is 0 Å². The third kappa shape index (κ3) is 2.06. The van der Waals surface area contributed by atoms with Crippen LogP contribution in [-0.2, 0) is 6.42 Å². The zero-order valence-corrected chi connectivity index (χ0v) is 9.70. The van der Waals surface area contributed by atoms with Crippen molar-refractivity contribution in [2.75, 3.05) is 5.73 Å². The molecular formula is C14H16N2. The smallest absolute Gasteiger partial charge is 0.131 e. The van der Waals surface area contributed by atoms with Gasteiger partial charge in [-0.1, -0.05) is 31.2 Å². The molecule has 2 rings (SSSR count). The molecule has 82 valence electrons. The first-order chi connectivity index (χ1) is 7.70. The molecule has 2 nitrogen and oxygen atoms in total. The van der Waals surface area contributed by atoms with Crippen LogP contribution in [0.15, 0.2) is 36.5 Å². The number of aryl methyl sites for hydroxylation is 2. The Balaban J connectivity index is 2.53. The minimum absolute atomic E-state index is 0.596. The van der Waals surface area contributed by atoms with Crippen molar-refractivity contribution in [3.8, 4) is 11.1 Å². The maximum absolute atomic E-state index is 5.90. The first kappa shape index (κ1) is 10.7. The lowest BCUT2D eigenvalue weighted by Gasteiger charge is -2.07. The predicted molar refractivity (Wildman–Crippen MR) is 68.2 cm³/mol. The Bertz CT molecular complexity index is 504. The Labute approximate surface area is 96.1 Å². The van der Waals surface area contributed by atoms with E-state index in [1.165, 1.54) is 5.56 Å². The largest absolute Gasteiger partial charge is 0.383 e. The van der Waals surface area contributed by atoms with Crippen LogP contribution in [0.1, 0.15) is 18.1 Å². The van der Waals surface area contributed by atoms with Gasteiger partial charge in [0, 0.05) is 11.8 Å². The highest BCUT2D eigenvalue weighted by Gasteiger charge is 2.04. The molecule has 0 aliphatic heterocycles. The van der Waals surface area contributed by atoms with Gasteiger partial charge in [-0.05, 0) is 36.1 Å². The Hall–Kier alpha value is -1.83. The molecule has 0 fully saturated rings. The van der Waals surface area contributed by atoms with E-state index in [1.807, 2.05) is 6.92 Å². The van der Waals surface area contributed by atoms with Crippen LogP contribution in [0, 0.1) is 6.92 Å². The van der Waals surface area contributed by atoms with E-state index >= 15 is 0 Å². The van der Waals surface area contributed by atoms with Gasteiger partial charge in [0.2, 0.25) is 0 Å². The molecule has 2 N–H and O–H groups in total. The van der Waals surface area contributed by atoms with Gasteiger partial charge in [0.25, 0.3) is 0 Å². The van der Waals surface area contributed by atoms with E-state index in [-0.39, 0.29) is 0 Å². The number of nitrogens with two attached hydrogens (primary N) is 1. The summed E-state index contributed by atoms with van der Waals surface area (Å²) in [5.74, 6) is 0.596. The highest BCUT2D eigenvalue weighted by atomic mass is 14.8.